The molecule has 0 aliphatic carbocycles. The third-order valence-electron chi connectivity index (χ3n) is 2.30. The summed E-state index contributed by atoms with van der Waals surface area (Å²) in [5.74, 6) is 2.62. The van der Waals surface area contributed by atoms with Crippen LogP contribution in [-0.4, -0.2) is 19.4 Å². The van der Waals surface area contributed by atoms with Gasteiger partial charge >= 0.3 is 6.16 Å². The van der Waals surface area contributed by atoms with Crippen LogP contribution in [0.4, 0.5) is 4.79 Å². The number of ether oxygens (including phenoxy) is 2. The van der Waals surface area contributed by atoms with Crippen molar-refractivity contribution >= 4 is 28.7 Å². The van der Waals surface area contributed by atoms with Crippen LogP contribution in [0.1, 0.15) is 51.9 Å². The summed E-state index contributed by atoms with van der Waals surface area (Å²) in [7, 11) is 0. The fourth-order valence-corrected chi connectivity index (χ4v) is 1.53. The molecular formula is C13H21IO3. The van der Waals surface area contributed by atoms with E-state index in [9.17, 15) is 4.79 Å². The summed E-state index contributed by atoms with van der Waals surface area (Å²) in [6.45, 7) is 2.77. The molecule has 0 unspecified atom stereocenters. The van der Waals surface area contributed by atoms with Gasteiger partial charge in [-0.15, -0.1) is 0 Å². The summed E-state index contributed by atoms with van der Waals surface area (Å²) in [6, 6.07) is 0. The van der Waals surface area contributed by atoms with E-state index in [0.29, 0.717) is 6.61 Å². The quantitative estimate of drug-likeness (QED) is 0.269. The summed E-state index contributed by atoms with van der Waals surface area (Å²) < 4.78 is 12.2. The van der Waals surface area contributed by atoms with Gasteiger partial charge in [-0.25, -0.2) is 4.79 Å². The van der Waals surface area contributed by atoms with Crippen molar-refractivity contribution in [2.45, 2.75) is 51.9 Å². The summed E-state index contributed by atoms with van der Waals surface area (Å²) in [5, 5.41) is 0. The van der Waals surface area contributed by atoms with E-state index in [1.165, 1.54) is 32.1 Å². The molecule has 0 spiro atoms. The number of hydrogen-bond donors (Lipinski definition) is 0. The van der Waals surface area contributed by atoms with Crippen molar-refractivity contribution in [1.29, 1.82) is 0 Å². The van der Waals surface area contributed by atoms with Gasteiger partial charge in [0.25, 0.3) is 0 Å². The van der Waals surface area contributed by atoms with Crippen LogP contribution in [0.5, 0.6) is 0 Å². The van der Waals surface area contributed by atoms with Crippen LogP contribution < -0.4 is 0 Å². The molecule has 0 bridgehead atoms. The highest BCUT2D eigenvalue weighted by molar-refractivity contribution is 14.1. The number of unbranched alkanes of at least 4 members (excludes halogenated alkanes) is 6. The van der Waals surface area contributed by atoms with E-state index in [1.54, 1.807) is 0 Å². The fourth-order valence-electron chi connectivity index (χ4n) is 1.38. The van der Waals surface area contributed by atoms with Crippen molar-refractivity contribution < 1.29 is 14.3 Å². The summed E-state index contributed by atoms with van der Waals surface area (Å²) >= 11 is 1.89. The number of halogens is 1. The molecule has 0 aliphatic heterocycles. The molecule has 0 heterocycles. The van der Waals surface area contributed by atoms with Crippen molar-refractivity contribution in [2.75, 3.05) is 13.2 Å². The Morgan fingerprint density at radius 3 is 2.35 bits per heavy atom. The van der Waals surface area contributed by atoms with Crippen molar-refractivity contribution in [1.82, 2.24) is 0 Å². The van der Waals surface area contributed by atoms with Crippen molar-refractivity contribution in [3.63, 3.8) is 0 Å². The van der Waals surface area contributed by atoms with Crippen LogP contribution in [-0.2, 0) is 9.47 Å². The third-order valence-corrected chi connectivity index (χ3v) is 2.68. The van der Waals surface area contributed by atoms with Gasteiger partial charge in [0.15, 0.2) is 6.61 Å². The minimum atomic E-state index is -0.616. The topological polar surface area (TPSA) is 35.5 Å². The second-order valence-electron chi connectivity index (χ2n) is 3.78. The van der Waals surface area contributed by atoms with Crippen molar-refractivity contribution in [2.24, 2.45) is 0 Å². The second-order valence-corrected chi connectivity index (χ2v) is 4.32. The summed E-state index contributed by atoms with van der Waals surface area (Å²) in [4.78, 5) is 11.0. The Labute approximate surface area is 118 Å². The highest BCUT2D eigenvalue weighted by Crippen LogP contribution is 2.06. The van der Waals surface area contributed by atoms with Crippen LogP contribution >= 0.6 is 22.6 Å². The predicted molar refractivity (Wildman–Crippen MR) is 77.1 cm³/mol. The number of rotatable bonds is 9. The molecule has 0 amide bonds. The molecule has 98 valence electrons. The molecule has 0 fully saturated rings. The Morgan fingerprint density at radius 1 is 1.06 bits per heavy atom. The molecule has 0 aromatic carbocycles. The average Bonchev–Trinajstić information content (AvgIpc) is 2.33. The van der Waals surface area contributed by atoms with E-state index < -0.39 is 6.16 Å². The Hall–Kier alpha value is -0.440. The molecular weight excluding hydrogens is 331 g/mol. The zero-order valence-corrected chi connectivity index (χ0v) is 12.6. The van der Waals surface area contributed by atoms with Gasteiger partial charge in [-0.3, -0.25) is 0 Å². The average molecular weight is 352 g/mol. The lowest BCUT2D eigenvalue weighted by Gasteiger charge is -2.04. The molecule has 0 radical (unpaired) electrons. The Morgan fingerprint density at radius 2 is 1.71 bits per heavy atom. The molecule has 0 aliphatic rings. The maximum absolute atomic E-state index is 11.0. The van der Waals surface area contributed by atoms with E-state index in [0.717, 1.165) is 12.8 Å². The predicted octanol–water partition coefficient (Wildman–Crippen LogP) is 4.29. The van der Waals surface area contributed by atoms with Gasteiger partial charge in [0.1, 0.15) is 0 Å². The largest absolute Gasteiger partial charge is 0.509 e. The maximum Gasteiger partial charge on any atom is 0.509 e. The highest BCUT2D eigenvalue weighted by Gasteiger charge is 2.01. The molecule has 0 saturated carbocycles. The minimum absolute atomic E-state index is 0.110. The van der Waals surface area contributed by atoms with Gasteiger partial charge in [0, 0.05) is 22.6 Å². The van der Waals surface area contributed by atoms with Crippen LogP contribution in [0.15, 0.2) is 0 Å². The Balaban J connectivity index is 3.15. The van der Waals surface area contributed by atoms with E-state index in [4.69, 9.17) is 9.47 Å². The zero-order valence-electron chi connectivity index (χ0n) is 10.5. The first kappa shape index (κ1) is 16.6. The van der Waals surface area contributed by atoms with Crippen molar-refractivity contribution in [3.05, 3.63) is 0 Å². The second kappa shape index (κ2) is 13.6. The Bertz CT molecular complexity index is 243. The van der Waals surface area contributed by atoms with Gasteiger partial charge in [0.2, 0.25) is 0 Å². The first-order chi connectivity index (χ1) is 8.31. The lowest BCUT2D eigenvalue weighted by Crippen LogP contribution is -2.08. The van der Waals surface area contributed by atoms with Gasteiger partial charge in [-0.05, 0) is 10.3 Å². The van der Waals surface area contributed by atoms with E-state index in [2.05, 4.69) is 16.8 Å². The van der Waals surface area contributed by atoms with E-state index in [1.807, 2.05) is 22.6 Å². The van der Waals surface area contributed by atoms with Crippen LogP contribution in [0.25, 0.3) is 0 Å². The van der Waals surface area contributed by atoms with Crippen LogP contribution in [0.2, 0.25) is 0 Å². The van der Waals surface area contributed by atoms with Crippen molar-refractivity contribution in [3.8, 4) is 9.85 Å². The molecule has 0 aromatic heterocycles. The number of carbonyl (C=O) groups excluding carboxylic acids is 1. The van der Waals surface area contributed by atoms with Gasteiger partial charge in [0.05, 0.1) is 6.61 Å². The molecule has 0 atom stereocenters. The lowest BCUT2D eigenvalue weighted by molar-refractivity contribution is 0.0632. The molecule has 0 aromatic rings. The highest BCUT2D eigenvalue weighted by atomic mass is 127. The van der Waals surface area contributed by atoms with E-state index >= 15 is 0 Å². The molecule has 4 heteroatoms. The molecule has 0 N–H and O–H groups in total. The van der Waals surface area contributed by atoms with Gasteiger partial charge in [-0.2, -0.15) is 0 Å². The molecule has 0 saturated heterocycles. The fraction of sp³-hybridized carbons (Fsp3) is 0.769. The van der Waals surface area contributed by atoms with E-state index in [-0.39, 0.29) is 6.61 Å². The summed E-state index contributed by atoms with van der Waals surface area (Å²) in [5.41, 5.74) is 0. The number of hydrogen-bond acceptors (Lipinski definition) is 3. The zero-order chi connectivity index (χ0) is 12.8. The van der Waals surface area contributed by atoms with Gasteiger partial charge < -0.3 is 9.47 Å². The lowest BCUT2D eigenvalue weighted by atomic mass is 10.1. The molecule has 3 nitrogen and oxygen atoms in total. The smallest absolute Gasteiger partial charge is 0.434 e. The number of carbonyl (C=O) groups is 1. The maximum atomic E-state index is 11.0. The Kier molecular flexibility index (Phi) is 13.3. The summed E-state index contributed by atoms with van der Waals surface area (Å²) in [6.07, 6.45) is 7.82. The normalized spacial score (nSPS) is 9.29. The first-order valence-electron chi connectivity index (χ1n) is 6.19. The molecule has 0 rings (SSSR count). The third kappa shape index (κ3) is 13.5. The standard InChI is InChI=1S/C13H21IO3/c1-2-3-4-5-6-7-8-11-16-13(15)17-12-9-10-14/h2-8,11-12H2,1H3. The minimum Gasteiger partial charge on any atom is -0.434 e. The first-order valence-corrected chi connectivity index (χ1v) is 7.27. The van der Waals surface area contributed by atoms with Crippen LogP contribution in [0.3, 0.4) is 0 Å². The van der Waals surface area contributed by atoms with Crippen LogP contribution in [0, 0.1) is 9.85 Å². The monoisotopic (exact) mass is 352 g/mol. The SMILES string of the molecule is CCCCCCCCCOC(=O)OCC#CI. The molecule has 17 heavy (non-hydrogen) atoms. The van der Waals surface area contributed by atoms with Gasteiger partial charge in [-0.1, -0.05) is 51.4 Å².